The average Bonchev–Trinajstić information content (AvgIpc) is 2.76. The van der Waals surface area contributed by atoms with Crippen LogP contribution >= 0.6 is 0 Å². The third-order valence-corrected chi connectivity index (χ3v) is 4.18. The quantitative estimate of drug-likeness (QED) is 0.658. The molecule has 3 aromatic rings. The normalized spacial score (nSPS) is 11.3. The lowest BCUT2D eigenvalue weighted by Crippen LogP contribution is -2.40. The number of benzene rings is 3. The van der Waals surface area contributed by atoms with E-state index in [1.807, 2.05) is 78.9 Å². The fraction of sp³-hybridized carbons (Fsp3) is 0.130. The van der Waals surface area contributed by atoms with Gasteiger partial charge in [0.1, 0.15) is 12.6 Å². The van der Waals surface area contributed by atoms with Crippen LogP contribution in [0.2, 0.25) is 0 Å². The van der Waals surface area contributed by atoms with Crippen molar-refractivity contribution in [3.05, 3.63) is 108 Å². The van der Waals surface area contributed by atoms with E-state index in [1.165, 1.54) is 0 Å². The Morgan fingerprint density at radius 1 is 0.750 bits per heavy atom. The summed E-state index contributed by atoms with van der Waals surface area (Å²) in [4.78, 5) is 25.0. The molecule has 0 radical (unpaired) electrons. The predicted octanol–water partition coefficient (Wildman–Crippen LogP) is 3.97. The van der Waals surface area contributed by atoms with Crippen LogP contribution in [-0.4, -0.2) is 12.0 Å². The Hall–Kier alpha value is -3.60. The number of nitrogens with one attached hydrogen (secondary N) is 2. The highest BCUT2D eigenvalue weighted by Crippen LogP contribution is 2.14. The van der Waals surface area contributed by atoms with Crippen LogP contribution in [0.25, 0.3) is 0 Å². The molecule has 0 saturated heterocycles. The Morgan fingerprint density at radius 3 is 1.89 bits per heavy atom. The van der Waals surface area contributed by atoms with Crippen LogP contribution in [0.15, 0.2) is 91.0 Å². The topological polar surface area (TPSA) is 67.4 Å². The van der Waals surface area contributed by atoms with Crippen LogP contribution in [0.4, 0.5) is 4.79 Å². The van der Waals surface area contributed by atoms with E-state index in [9.17, 15) is 9.59 Å². The zero-order chi connectivity index (χ0) is 19.6. The molecule has 142 valence electrons. The van der Waals surface area contributed by atoms with Crippen LogP contribution in [0.5, 0.6) is 0 Å². The lowest BCUT2D eigenvalue weighted by molar-refractivity contribution is -0.123. The minimum atomic E-state index is -0.840. The van der Waals surface area contributed by atoms with Gasteiger partial charge in [0, 0.05) is 6.54 Å². The van der Waals surface area contributed by atoms with E-state index < -0.39 is 12.1 Å². The molecule has 5 nitrogen and oxygen atoms in total. The van der Waals surface area contributed by atoms with Gasteiger partial charge in [-0.25, -0.2) is 4.79 Å². The zero-order valence-corrected chi connectivity index (χ0v) is 15.4. The average molecular weight is 374 g/mol. The van der Waals surface area contributed by atoms with Gasteiger partial charge in [0.15, 0.2) is 0 Å². The van der Waals surface area contributed by atoms with Crippen molar-refractivity contribution in [2.24, 2.45) is 0 Å². The number of rotatable bonds is 7. The summed E-state index contributed by atoms with van der Waals surface area (Å²) in [5.41, 5.74) is 2.54. The van der Waals surface area contributed by atoms with Gasteiger partial charge in [-0.15, -0.1) is 0 Å². The van der Waals surface area contributed by atoms with E-state index in [4.69, 9.17) is 4.74 Å². The van der Waals surface area contributed by atoms with Gasteiger partial charge < -0.3 is 15.4 Å². The molecule has 0 unspecified atom stereocenters. The summed E-state index contributed by atoms with van der Waals surface area (Å²) in [6.45, 7) is 0.517. The molecular weight excluding hydrogens is 352 g/mol. The van der Waals surface area contributed by atoms with E-state index in [0.29, 0.717) is 12.1 Å². The molecule has 3 aromatic carbocycles. The van der Waals surface area contributed by atoms with Crippen molar-refractivity contribution in [1.82, 2.24) is 10.6 Å². The summed E-state index contributed by atoms with van der Waals surface area (Å²) in [6, 6.07) is 27.2. The Morgan fingerprint density at radius 2 is 1.29 bits per heavy atom. The monoisotopic (exact) mass is 374 g/mol. The first-order valence-corrected chi connectivity index (χ1v) is 9.06. The first-order chi connectivity index (χ1) is 13.7. The second-order valence-electron chi connectivity index (χ2n) is 6.25. The Kier molecular flexibility index (Phi) is 6.79. The minimum absolute atomic E-state index is 0.139. The van der Waals surface area contributed by atoms with Crippen molar-refractivity contribution in [2.45, 2.75) is 19.2 Å². The molecule has 0 fully saturated rings. The minimum Gasteiger partial charge on any atom is -0.445 e. The van der Waals surface area contributed by atoms with Gasteiger partial charge in [0.05, 0.1) is 0 Å². The SMILES string of the molecule is O=C(N[C@H](C(=O)NCc1ccccc1)c1ccccc1)OCc1ccccc1. The van der Waals surface area contributed by atoms with Crippen LogP contribution in [0, 0.1) is 0 Å². The number of hydrogen-bond acceptors (Lipinski definition) is 3. The van der Waals surface area contributed by atoms with Gasteiger partial charge in [-0.1, -0.05) is 91.0 Å². The lowest BCUT2D eigenvalue weighted by atomic mass is 10.1. The van der Waals surface area contributed by atoms with E-state index in [1.54, 1.807) is 12.1 Å². The number of hydrogen-bond donors (Lipinski definition) is 2. The van der Waals surface area contributed by atoms with Crippen molar-refractivity contribution >= 4 is 12.0 Å². The molecule has 28 heavy (non-hydrogen) atoms. The lowest BCUT2D eigenvalue weighted by Gasteiger charge is -2.19. The number of ether oxygens (including phenoxy) is 1. The number of alkyl carbamates (subject to hydrolysis) is 1. The van der Waals surface area contributed by atoms with E-state index >= 15 is 0 Å². The summed E-state index contributed by atoms with van der Waals surface area (Å²) in [5, 5.41) is 5.53. The van der Waals surface area contributed by atoms with E-state index in [0.717, 1.165) is 11.1 Å². The fourth-order valence-electron chi connectivity index (χ4n) is 2.72. The summed E-state index contributed by atoms with van der Waals surface area (Å²) < 4.78 is 5.26. The highest BCUT2D eigenvalue weighted by Gasteiger charge is 2.23. The maximum atomic E-state index is 12.7. The largest absolute Gasteiger partial charge is 0.445 e. The molecule has 3 rings (SSSR count). The van der Waals surface area contributed by atoms with Crippen molar-refractivity contribution in [3.63, 3.8) is 0 Å². The second kappa shape index (κ2) is 9.92. The molecule has 5 heteroatoms. The third-order valence-electron chi connectivity index (χ3n) is 4.18. The number of amides is 2. The molecule has 0 bridgehead atoms. The molecule has 0 aliphatic carbocycles. The molecule has 0 aromatic heterocycles. The molecule has 2 N–H and O–H groups in total. The molecule has 1 atom stereocenters. The molecule has 2 amide bonds. The van der Waals surface area contributed by atoms with Gasteiger partial charge >= 0.3 is 6.09 Å². The van der Waals surface area contributed by atoms with Crippen LogP contribution in [0.1, 0.15) is 22.7 Å². The van der Waals surface area contributed by atoms with Crippen molar-refractivity contribution in [2.75, 3.05) is 0 Å². The maximum absolute atomic E-state index is 12.7. The van der Waals surface area contributed by atoms with Crippen molar-refractivity contribution in [3.8, 4) is 0 Å². The van der Waals surface area contributed by atoms with Gasteiger partial charge in [-0.2, -0.15) is 0 Å². The standard InChI is InChI=1S/C23H22N2O3/c26-22(24-16-18-10-4-1-5-11-18)21(20-14-8-3-9-15-20)25-23(27)28-17-19-12-6-2-7-13-19/h1-15,21H,16-17H2,(H,24,26)(H,25,27)/t21-/m0/s1. The van der Waals surface area contributed by atoms with Gasteiger partial charge in [-0.05, 0) is 16.7 Å². The highest BCUT2D eigenvalue weighted by molar-refractivity contribution is 5.86. The smallest absolute Gasteiger partial charge is 0.408 e. The van der Waals surface area contributed by atoms with Gasteiger partial charge in [0.25, 0.3) is 0 Å². The Labute approximate surface area is 164 Å². The third kappa shape index (κ3) is 5.71. The number of carbonyl (C=O) groups is 2. The maximum Gasteiger partial charge on any atom is 0.408 e. The molecule has 0 aliphatic heterocycles. The zero-order valence-electron chi connectivity index (χ0n) is 15.4. The summed E-state index contributed by atoms with van der Waals surface area (Å²) in [7, 11) is 0. The number of carbonyl (C=O) groups excluding carboxylic acids is 2. The van der Waals surface area contributed by atoms with Crippen LogP contribution in [-0.2, 0) is 22.7 Å². The Balaban J connectivity index is 1.63. The van der Waals surface area contributed by atoms with Crippen molar-refractivity contribution < 1.29 is 14.3 Å². The second-order valence-corrected chi connectivity index (χ2v) is 6.25. The van der Waals surface area contributed by atoms with Gasteiger partial charge in [0.2, 0.25) is 5.91 Å². The highest BCUT2D eigenvalue weighted by atomic mass is 16.5. The van der Waals surface area contributed by atoms with Gasteiger partial charge in [-0.3, -0.25) is 4.79 Å². The summed E-state index contributed by atoms with van der Waals surface area (Å²) in [6.07, 6.45) is -0.646. The predicted molar refractivity (Wildman–Crippen MR) is 107 cm³/mol. The summed E-state index contributed by atoms with van der Waals surface area (Å²) in [5.74, 6) is -0.299. The molecule has 0 saturated carbocycles. The summed E-state index contributed by atoms with van der Waals surface area (Å²) >= 11 is 0. The Bertz CT molecular complexity index is 883. The molecule has 0 heterocycles. The van der Waals surface area contributed by atoms with Crippen molar-refractivity contribution in [1.29, 1.82) is 0 Å². The van der Waals surface area contributed by atoms with E-state index in [2.05, 4.69) is 10.6 Å². The van der Waals surface area contributed by atoms with Crippen LogP contribution in [0.3, 0.4) is 0 Å². The molecule has 0 spiro atoms. The molecular formula is C23H22N2O3. The van der Waals surface area contributed by atoms with Crippen LogP contribution < -0.4 is 10.6 Å². The van der Waals surface area contributed by atoms with E-state index in [-0.39, 0.29) is 12.5 Å². The first kappa shape index (κ1) is 19.2. The fourth-order valence-corrected chi connectivity index (χ4v) is 2.72. The first-order valence-electron chi connectivity index (χ1n) is 9.06. The molecule has 0 aliphatic rings.